The second-order valence-electron chi connectivity index (χ2n) is 6.09. The molecule has 2 atom stereocenters. The summed E-state index contributed by atoms with van der Waals surface area (Å²) in [6.45, 7) is 4.00. The number of carbonyl (C=O) groups excluding carboxylic acids is 1. The van der Waals surface area contributed by atoms with Crippen LogP contribution in [0.2, 0.25) is 0 Å². The molecule has 0 aromatic carbocycles. The Morgan fingerprint density at radius 3 is 2.60 bits per heavy atom. The van der Waals surface area contributed by atoms with Gasteiger partial charge in [-0.15, -0.1) is 0 Å². The van der Waals surface area contributed by atoms with Gasteiger partial charge in [-0.05, 0) is 58.3 Å². The number of rotatable bonds is 2. The maximum absolute atomic E-state index is 12.7. The quantitative estimate of drug-likeness (QED) is 0.828. The largest absolute Gasteiger partial charge is 0.334 e. The number of hydrogen-bond acceptors (Lipinski definition) is 3. The van der Waals surface area contributed by atoms with Crippen molar-refractivity contribution in [3.63, 3.8) is 0 Å². The molecule has 2 aliphatic rings. The molecular formula is C16H23N3O. The van der Waals surface area contributed by atoms with Gasteiger partial charge in [-0.2, -0.15) is 0 Å². The van der Waals surface area contributed by atoms with Crippen LogP contribution in [0.3, 0.4) is 0 Å². The molecule has 0 bridgehead atoms. The molecule has 3 heterocycles. The van der Waals surface area contributed by atoms with Crippen molar-refractivity contribution in [1.82, 2.24) is 14.8 Å². The first kappa shape index (κ1) is 13.6. The molecule has 1 aromatic heterocycles. The van der Waals surface area contributed by atoms with E-state index in [9.17, 15) is 4.79 Å². The Balaban J connectivity index is 1.78. The molecule has 2 aliphatic heterocycles. The smallest absolute Gasteiger partial charge is 0.255 e. The van der Waals surface area contributed by atoms with Gasteiger partial charge in [-0.25, -0.2) is 0 Å². The third-order valence-electron chi connectivity index (χ3n) is 4.74. The van der Waals surface area contributed by atoms with Crippen molar-refractivity contribution in [2.75, 3.05) is 20.1 Å². The Hall–Kier alpha value is -1.42. The van der Waals surface area contributed by atoms with Gasteiger partial charge < -0.3 is 9.80 Å². The van der Waals surface area contributed by atoms with Crippen LogP contribution in [0.4, 0.5) is 0 Å². The Labute approximate surface area is 120 Å². The van der Waals surface area contributed by atoms with Crippen LogP contribution in [0, 0.1) is 6.92 Å². The molecule has 2 saturated heterocycles. The minimum absolute atomic E-state index is 0.153. The molecule has 2 unspecified atom stereocenters. The molecule has 108 valence electrons. The first-order valence-corrected chi connectivity index (χ1v) is 7.60. The number of aromatic nitrogens is 1. The summed E-state index contributed by atoms with van der Waals surface area (Å²) in [4.78, 5) is 21.5. The number of carbonyl (C=O) groups is 1. The predicted molar refractivity (Wildman–Crippen MR) is 78.7 cm³/mol. The highest BCUT2D eigenvalue weighted by Crippen LogP contribution is 2.30. The summed E-state index contributed by atoms with van der Waals surface area (Å²) in [6, 6.07) is 4.74. The predicted octanol–water partition coefficient (Wildman–Crippen LogP) is 2.09. The topological polar surface area (TPSA) is 36.4 Å². The number of nitrogens with zero attached hydrogens (tertiary/aromatic N) is 3. The second kappa shape index (κ2) is 5.52. The number of pyridine rings is 1. The minimum Gasteiger partial charge on any atom is -0.334 e. The van der Waals surface area contributed by atoms with Crippen molar-refractivity contribution >= 4 is 5.91 Å². The number of likely N-dealkylation sites (tertiary alicyclic amines) is 2. The lowest BCUT2D eigenvalue weighted by molar-refractivity contribution is 0.0664. The van der Waals surface area contributed by atoms with E-state index in [1.807, 2.05) is 19.1 Å². The number of likely N-dealkylation sites (N-methyl/N-ethyl adjacent to an activating group) is 1. The SMILES string of the molecule is Cc1ccc(C(=O)N2CCCC2C2CCCN2C)cn1. The highest BCUT2D eigenvalue weighted by atomic mass is 16.2. The average molecular weight is 273 g/mol. The fourth-order valence-electron chi connectivity index (χ4n) is 3.63. The van der Waals surface area contributed by atoms with Crippen LogP contribution >= 0.6 is 0 Å². The molecule has 0 spiro atoms. The molecule has 4 nitrogen and oxygen atoms in total. The molecule has 2 fully saturated rings. The fourth-order valence-corrected chi connectivity index (χ4v) is 3.63. The standard InChI is InChI=1S/C16H23N3O/c1-12-7-8-13(11-17-12)16(20)19-10-4-6-15(19)14-5-3-9-18(14)2/h7-8,11,14-15H,3-6,9-10H2,1-2H3. The Kier molecular flexibility index (Phi) is 3.74. The van der Waals surface area contributed by atoms with Crippen molar-refractivity contribution in [2.24, 2.45) is 0 Å². The number of aryl methyl sites for hydroxylation is 1. The van der Waals surface area contributed by atoms with E-state index in [0.717, 1.165) is 37.2 Å². The minimum atomic E-state index is 0.153. The lowest BCUT2D eigenvalue weighted by Crippen LogP contribution is -2.47. The maximum atomic E-state index is 12.7. The van der Waals surface area contributed by atoms with Crippen LogP contribution in [0.25, 0.3) is 0 Å². The summed E-state index contributed by atoms with van der Waals surface area (Å²) in [5.74, 6) is 0.153. The summed E-state index contributed by atoms with van der Waals surface area (Å²) >= 11 is 0. The molecule has 0 saturated carbocycles. The third kappa shape index (κ3) is 2.44. The van der Waals surface area contributed by atoms with Gasteiger partial charge >= 0.3 is 0 Å². The second-order valence-corrected chi connectivity index (χ2v) is 6.09. The molecule has 1 aromatic rings. The Morgan fingerprint density at radius 1 is 1.20 bits per heavy atom. The van der Waals surface area contributed by atoms with Crippen LogP contribution in [-0.4, -0.2) is 52.9 Å². The molecular weight excluding hydrogens is 250 g/mol. The van der Waals surface area contributed by atoms with Crippen molar-refractivity contribution < 1.29 is 4.79 Å². The van der Waals surface area contributed by atoms with E-state index < -0.39 is 0 Å². The Morgan fingerprint density at radius 2 is 1.95 bits per heavy atom. The first-order chi connectivity index (χ1) is 9.66. The van der Waals surface area contributed by atoms with Gasteiger partial charge in [0.05, 0.1) is 5.56 Å². The molecule has 0 radical (unpaired) electrons. The van der Waals surface area contributed by atoms with Gasteiger partial charge in [0.15, 0.2) is 0 Å². The molecule has 4 heteroatoms. The van der Waals surface area contributed by atoms with Crippen LogP contribution in [0.15, 0.2) is 18.3 Å². The van der Waals surface area contributed by atoms with E-state index in [2.05, 4.69) is 21.8 Å². The summed E-state index contributed by atoms with van der Waals surface area (Å²) in [5, 5.41) is 0. The van der Waals surface area contributed by atoms with E-state index in [1.165, 1.54) is 12.8 Å². The summed E-state index contributed by atoms with van der Waals surface area (Å²) in [7, 11) is 2.19. The van der Waals surface area contributed by atoms with Gasteiger partial charge in [0.25, 0.3) is 5.91 Å². The van der Waals surface area contributed by atoms with Crippen molar-refractivity contribution in [1.29, 1.82) is 0 Å². The molecule has 3 rings (SSSR count). The van der Waals surface area contributed by atoms with E-state index in [4.69, 9.17) is 0 Å². The maximum Gasteiger partial charge on any atom is 0.255 e. The number of hydrogen-bond donors (Lipinski definition) is 0. The average Bonchev–Trinajstić information content (AvgIpc) is 3.07. The molecule has 0 aliphatic carbocycles. The van der Waals surface area contributed by atoms with Gasteiger partial charge in [-0.3, -0.25) is 9.78 Å². The zero-order chi connectivity index (χ0) is 14.1. The third-order valence-corrected chi connectivity index (χ3v) is 4.74. The normalized spacial score (nSPS) is 27.2. The Bertz CT molecular complexity index is 485. The van der Waals surface area contributed by atoms with Gasteiger partial charge in [0.1, 0.15) is 0 Å². The first-order valence-electron chi connectivity index (χ1n) is 7.60. The van der Waals surface area contributed by atoms with Gasteiger partial charge in [0.2, 0.25) is 0 Å². The zero-order valence-electron chi connectivity index (χ0n) is 12.4. The lowest BCUT2D eigenvalue weighted by atomic mass is 10.0. The van der Waals surface area contributed by atoms with Gasteiger partial charge in [0, 0.05) is 30.5 Å². The van der Waals surface area contributed by atoms with E-state index in [0.29, 0.717) is 12.1 Å². The number of amides is 1. The van der Waals surface area contributed by atoms with Crippen LogP contribution in [-0.2, 0) is 0 Å². The molecule has 1 amide bonds. The van der Waals surface area contributed by atoms with E-state index >= 15 is 0 Å². The van der Waals surface area contributed by atoms with Crippen molar-refractivity contribution in [3.05, 3.63) is 29.6 Å². The monoisotopic (exact) mass is 273 g/mol. The zero-order valence-corrected chi connectivity index (χ0v) is 12.4. The highest BCUT2D eigenvalue weighted by Gasteiger charge is 2.38. The van der Waals surface area contributed by atoms with E-state index in [-0.39, 0.29) is 5.91 Å². The molecule has 0 N–H and O–H groups in total. The summed E-state index contributed by atoms with van der Waals surface area (Å²) < 4.78 is 0. The van der Waals surface area contributed by atoms with Gasteiger partial charge in [-0.1, -0.05) is 0 Å². The fraction of sp³-hybridized carbons (Fsp3) is 0.625. The lowest BCUT2D eigenvalue weighted by Gasteiger charge is -2.33. The highest BCUT2D eigenvalue weighted by molar-refractivity contribution is 5.94. The van der Waals surface area contributed by atoms with Crippen LogP contribution in [0.1, 0.15) is 41.7 Å². The van der Waals surface area contributed by atoms with Crippen molar-refractivity contribution in [3.8, 4) is 0 Å². The summed E-state index contributed by atoms with van der Waals surface area (Å²) in [6.07, 6.45) is 6.45. The van der Waals surface area contributed by atoms with Crippen LogP contribution < -0.4 is 0 Å². The summed E-state index contributed by atoms with van der Waals surface area (Å²) in [5.41, 5.74) is 1.68. The van der Waals surface area contributed by atoms with E-state index in [1.54, 1.807) is 6.20 Å². The van der Waals surface area contributed by atoms with Crippen LogP contribution in [0.5, 0.6) is 0 Å². The van der Waals surface area contributed by atoms with Crippen molar-refractivity contribution in [2.45, 2.75) is 44.7 Å². The molecule has 20 heavy (non-hydrogen) atoms.